The molecule has 2 atom stereocenters. The van der Waals surface area contributed by atoms with Crippen LogP contribution in [0, 0.1) is 16.0 Å². The fourth-order valence-electron chi connectivity index (χ4n) is 4.16. The lowest BCUT2D eigenvalue weighted by molar-refractivity contribution is -0.386. The highest BCUT2D eigenvalue weighted by molar-refractivity contribution is 5.94. The van der Waals surface area contributed by atoms with E-state index in [9.17, 15) is 19.7 Å². The number of nitro groups is 1. The number of rotatable bonds is 3. The summed E-state index contributed by atoms with van der Waals surface area (Å²) in [4.78, 5) is 37.5. The van der Waals surface area contributed by atoms with E-state index in [0.717, 1.165) is 12.1 Å². The summed E-state index contributed by atoms with van der Waals surface area (Å²) < 4.78 is 6.65. The van der Waals surface area contributed by atoms with E-state index in [2.05, 4.69) is 0 Å². The molecule has 2 aromatic rings. The molecule has 0 unspecified atom stereocenters. The Kier molecular flexibility index (Phi) is 4.18. The smallest absolute Gasteiger partial charge is 0.334 e. The number of likely N-dealkylation sites (tertiary alicyclic amines) is 1. The zero-order valence-electron chi connectivity index (χ0n) is 14.8. The molecule has 0 saturated carbocycles. The second-order valence-corrected chi connectivity index (χ2v) is 7.05. The van der Waals surface area contributed by atoms with Gasteiger partial charge in [-0.2, -0.15) is 0 Å². The minimum absolute atomic E-state index is 0.00759. The molecule has 2 aliphatic heterocycles. The van der Waals surface area contributed by atoms with Crippen LogP contribution in [0.5, 0.6) is 5.75 Å². The number of piperidine rings is 1. The van der Waals surface area contributed by atoms with Crippen LogP contribution in [0.4, 0.5) is 5.69 Å². The summed E-state index contributed by atoms with van der Waals surface area (Å²) in [5.74, 6) is 0.758. The number of carbonyl (C=O) groups excluding carboxylic acids is 1. The first-order chi connectivity index (χ1) is 13.0. The lowest BCUT2D eigenvalue weighted by Crippen LogP contribution is -2.49. The lowest BCUT2D eigenvalue weighted by atomic mass is 9.83. The molecule has 27 heavy (non-hydrogen) atoms. The van der Waals surface area contributed by atoms with Crippen LogP contribution < -0.4 is 10.3 Å². The van der Waals surface area contributed by atoms with Gasteiger partial charge in [0.1, 0.15) is 5.75 Å². The van der Waals surface area contributed by atoms with E-state index < -0.39 is 16.2 Å². The maximum Gasteiger partial charge on any atom is 0.334 e. The van der Waals surface area contributed by atoms with Gasteiger partial charge in [-0.25, -0.2) is 0 Å². The van der Waals surface area contributed by atoms with Gasteiger partial charge in [0, 0.05) is 42.9 Å². The molecular weight excluding hydrogens is 350 g/mol. The molecule has 3 heterocycles. The van der Waals surface area contributed by atoms with Crippen molar-refractivity contribution in [2.45, 2.75) is 18.9 Å². The third-order valence-corrected chi connectivity index (χ3v) is 5.41. The third kappa shape index (κ3) is 2.97. The molecule has 1 aromatic heterocycles. The van der Waals surface area contributed by atoms with Crippen molar-refractivity contribution in [3.05, 3.63) is 68.1 Å². The summed E-state index contributed by atoms with van der Waals surface area (Å²) >= 11 is 0. The number of amides is 1. The van der Waals surface area contributed by atoms with Crippen LogP contribution in [0.3, 0.4) is 0 Å². The van der Waals surface area contributed by atoms with Crippen molar-refractivity contribution in [3.8, 4) is 5.75 Å². The van der Waals surface area contributed by atoms with E-state index in [0.29, 0.717) is 30.9 Å². The number of benzene rings is 1. The topological polar surface area (TPSA) is 94.7 Å². The number of ether oxygens (including phenoxy) is 1. The third-order valence-electron chi connectivity index (χ3n) is 5.41. The van der Waals surface area contributed by atoms with Crippen molar-refractivity contribution in [1.82, 2.24) is 9.47 Å². The van der Waals surface area contributed by atoms with Crippen molar-refractivity contribution in [1.29, 1.82) is 0 Å². The highest BCUT2D eigenvalue weighted by atomic mass is 16.6. The van der Waals surface area contributed by atoms with E-state index in [-0.39, 0.29) is 17.7 Å². The summed E-state index contributed by atoms with van der Waals surface area (Å²) in [5, 5.41) is 11.0. The normalized spacial score (nSPS) is 20.7. The molecule has 4 rings (SSSR count). The second-order valence-electron chi connectivity index (χ2n) is 7.05. The highest BCUT2D eigenvalue weighted by Crippen LogP contribution is 2.36. The van der Waals surface area contributed by atoms with Crippen molar-refractivity contribution in [2.75, 3.05) is 20.2 Å². The molecule has 8 nitrogen and oxygen atoms in total. The molecular formula is C19H19N3O5. The van der Waals surface area contributed by atoms with Crippen molar-refractivity contribution in [3.63, 3.8) is 0 Å². The Balaban J connectivity index is 1.61. The quantitative estimate of drug-likeness (QED) is 0.609. The Morgan fingerprint density at radius 3 is 2.56 bits per heavy atom. The number of nitrogens with zero attached hydrogens (tertiary/aromatic N) is 3. The summed E-state index contributed by atoms with van der Waals surface area (Å²) in [6, 6.07) is 9.93. The van der Waals surface area contributed by atoms with E-state index >= 15 is 0 Å². The van der Waals surface area contributed by atoms with Crippen LogP contribution in [0.2, 0.25) is 0 Å². The average molecular weight is 369 g/mol. The van der Waals surface area contributed by atoms with Gasteiger partial charge in [-0.15, -0.1) is 0 Å². The number of hydrogen-bond acceptors (Lipinski definition) is 5. The van der Waals surface area contributed by atoms with Gasteiger partial charge in [0.25, 0.3) is 5.91 Å². The van der Waals surface area contributed by atoms with Crippen LogP contribution >= 0.6 is 0 Å². The number of methoxy groups -OCH3 is 1. The molecule has 1 fully saturated rings. The maximum absolute atomic E-state index is 12.9. The van der Waals surface area contributed by atoms with Gasteiger partial charge in [0.05, 0.1) is 12.0 Å². The highest BCUT2D eigenvalue weighted by Gasteiger charge is 2.37. The largest absolute Gasteiger partial charge is 0.497 e. The van der Waals surface area contributed by atoms with Crippen LogP contribution in [-0.2, 0) is 6.54 Å². The average Bonchev–Trinajstić information content (AvgIpc) is 2.68. The number of carbonyl (C=O) groups is 1. The zero-order valence-corrected chi connectivity index (χ0v) is 14.8. The van der Waals surface area contributed by atoms with Gasteiger partial charge in [-0.1, -0.05) is 0 Å². The zero-order chi connectivity index (χ0) is 19.1. The van der Waals surface area contributed by atoms with Crippen molar-refractivity contribution < 1.29 is 14.5 Å². The Morgan fingerprint density at radius 2 is 1.89 bits per heavy atom. The van der Waals surface area contributed by atoms with Crippen LogP contribution in [0.25, 0.3) is 0 Å². The van der Waals surface area contributed by atoms with Gasteiger partial charge in [-0.05, 0) is 42.7 Å². The summed E-state index contributed by atoms with van der Waals surface area (Å²) in [6.45, 7) is 1.44. The van der Waals surface area contributed by atoms with Gasteiger partial charge in [0.15, 0.2) is 0 Å². The number of fused-ring (bicyclic) bond motifs is 4. The fraction of sp³-hybridized carbons (Fsp3) is 0.368. The summed E-state index contributed by atoms with van der Waals surface area (Å²) in [6.07, 6.45) is 0.879. The number of aromatic nitrogens is 1. The molecule has 140 valence electrons. The Labute approximate surface area is 155 Å². The monoisotopic (exact) mass is 369 g/mol. The van der Waals surface area contributed by atoms with Gasteiger partial charge >= 0.3 is 11.2 Å². The fourth-order valence-corrected chi connectivity index (χ4v) is 4.16. The van der Waals surface area contributed by atoms with E-state index in [1.807, 2.05) is 4.90 Å². The van der Waals surface area contributed by atoms with Crippen LogP contribution in [0.15, 0.2) is 41.2 Å². The first-order valence-electron chi connectivity index (χ1n) is 8.79. The minimum atomic E-state index is -0.639. The van der Waals surface area contributed by atoms with E-state index in [1.54, 1.807) is 37.4 Å². The van der Waals surface area contributed by atoms with Crippen LogP contribution in [-0.4, -0.2) is 40.5 Å². The minimum Gasteiger partial charge on any atom is -0.497 e. The Morgan fingerprint density at radius 1 is 1.15 bits per heavy atom. The first kappa shape index (κ1) is 17.3. The van der Waals surface area contributed by atoms with Gasteiger partial charge in [0.2, 0.25) is 0 Å². The molecule has 2 bridgehead atoms. The predicted octanol–water partition coefficient (Wildman–Crippen LogP) is 2.02. The summed E-state index contributed by atoms with van der Waals surface area (Å²) in [7, 11) is 1.58. The molecule has 1 saturated heterocycles. The van der Waals surface area contributed by atoms with Gasteiger partial charge in [-0.3, -0.25) is 19.7 Å². The molecule has 0 aliphatic carbocycles. The molecule has 8 heteroatoms. The van der Waals surface area contributed by atoms with Crippen molar-refractivity contribution >= 4 is 11.6 Å². The molecule has 1 aromatic carbocycles. The number of hydrogen-bond donors (Lipinski definition) is 0. The van der Waals surface area contributed by atoms with Crippen LogP contribution in [0.1, 0.15) is 28.4 Å². The van der Waals surface area contributed by atoms with E-state index in [1.165, 1.54) is 10.6 Å². The standard InChI is InChI=1S/C19H19N3O5/c1-27-15-4-2-13(3-5-15)18(23)20-9-12-8-14(11-20)16-6-7-17(22(25)26)19(24)21(16)10-12/h2-7,12,14H,8-11H2,1H3/t12-,14-/m1/s1. The van der Waals surface area contributed by atoms with Crippen molar-refractivity contribution in [2.24, 2.45) is 5.92 Å². The molecule has 0 spiro atoms. The Bertz CT molecular complexity index is 966. The molecule has 2 aliphatic rings. The van der Waals surface area contributed by atoms with Gasteiger partial charge < -0.3 is 14.2 Å². The lowest BCUT2D eigenvalue weighted by Gasteiger charge is -2.42. The molecule has 1 amide bonds. The Hall–Kier alpha value is -3.16. The second kappa shape index (κ2) is 6.53. The predicted molar refractivity (Wildman–Crippen MR) is 97.1 cm³/mol. The summed E-state index contributed by atoms with van der Waals surface area (Å²) in [5.41, 5.74) is 0.415. The van der Waals surface area contributed by atoms with E-state index in [4.69, 9.17) is 4.74 Å². The SMILES string of the molecule is COc1ccc(C(=O)N2C[C@H]3C[C@H](C2)c2ccc([N+](=O)[O-])c(=O)n2C3)cc1. The maximum atomic E-state index is 12.9. The molecule has 0 N–H and O–H groups in total. The number of pyridine rings is 1. The first-order valence-corrected chi connectivity index (χ1v) is 8.79. The molecule has 0 radical (unpaired) electrons.